The minimum Gasteiger partial charge on any atom is -0.394 e. The first kappa shape index (κ1) is 14.7. The number of carbonyl (C=O) groups excluding carboxylic acids is 1. The highest BCUT2D eigenvalue weighted by atomic mass is 16.3. The van der Waals surface area contributed by atoms with Crippen molar-refractivity contribution in [1.29, 1.82) is 0 Å². The monoisotopic (exact) mass is 278 g/mol. The molecule has 1 aliphatic heterocycles. The molecule has 0 spiro atoms. The van der Waals surface area contributed by atoms with Crippen molar-refractivity contribution in [2.45, 2.75) is 19.9 Å². The fourth-order valence-electron chi connectivity index (χ4n) is 2.32. The van der Waals surface area contributed by atoms with Crippen LogP contribution in [0, 0.1) is 0 Å². The lowest BCUT2D eigenvalue weighted by Gasteiger charge is -2.25. The van der Waals surface area contributed by atoms with Crippen LogP contribution in [0.5, 0.6) is 0 Å². The number of nitrogens with one attached hydrogen (secondary N) is 1. The van der Waals surface area contributed by atoms with Crippen molar-refractivity contribution in [3.05, 3.63) is 24.0 Å². The van der Waals surface area contributed by atoms with Gasteiger partial charge in [0.25, 0.3) is 0 Å². The molecule has 20 heavy (non-hydrogen) atoms. The zero-order chi connectivity index (χ0) is 14.4. The third-order valence-electron chi connectivity index (χ3n) is 3.43. The summed E-state index contributed by atoms with van der Waals surface area (Å²) in [7, 11) is 0. The molecule has 0 radical (unpaired) electrons. The molecular weight excluding hydrogens is 256 g/mol. The van der Waals surface area contributed by atoms with E-state index < -0.39 is 0 Å². The van der Waals surface area contributed by atoms with Gasteiger partial charge >= 0.3 is 0 Å². The van der Waals surface area contributed by atoms with Crippen molar-refractivity contribution >= 4 is 11.5 Å². The van der Waals surface area contributed by atoms with E-state index in [4.69, 9.17) is 5.11 Å². The lowest BCUT2D eigenvalue weighted by molar-refractivity contribution is -0.119. The highest BCUT2D eigenvalue weighted by molar-refractivity contribution is 5.72. The van der Waals surface area contributed by atoms with E-state index in [0.717, 1.165) is 31.6 Å². The van der Waals surface area contributed by atoms with E-state index in [9.17, 15) is 4.79 Å². The number of hydrogen-bond donors (Lipinski definition) is 2. The number of aliphatic hydroxyl groups excluding tert-OH is 1. The second-order valence-electron chi connectivity index (χ2n) is 4.98. The summed E-state index contributed by atoms with van der Waals surface area (Å²) in [5.41, 5.74) is 2.45. The lowest BCUT2D eigenvalue weighted by Crippen LogP contribution is -2.36. The Labute approximate surface area is 119 Å². The van der Waals surface area contributed by atoms with Crippen LogP contribution in [0.2, 0.25) is 0 Å². The number of aromatic nitrogens is 2. The predicted molar refractivity (Wildman–Crippen MR) is 77.0 cm³/mol. The molecule has 6 heteroatoms. The minimum atomic E-state index is 0.0227. The number of hydrogen-bond acceptors (Lipinski definition) is 4. The van der Waals surface area contributed by atoms with Gasteiger partial charge in [0.05, 0.1) is 19.3 Å². The summed E-state index contributed by atoms with van der Waals surface area (Å²) in [4.78, 5) is 13.1. The molecule has 0 atom stereocenters. The third kappa shape index (κ3) is 4.18. The van der Waals surface area contributed by atoms with Crippen LogP contribution in [-0.4, -0.2) is 58.5 Å². The number of aliphatic hydroxyl groups is 1. The summed E-state index contributed by atoms with van der Waals surface area (Å²) in [5, 5.41) is 15.9. The summed E-state index contributed by atoms with van der Waals surface area (Å²) in [5.74, 6) is 0.0227. The summed E-state index contributed by atoms with van der Waals surface area (Å²) >= 11 is 0. The molecule has 0 aromatic carbocycles. The average Bonchev–Trinajstić information content (AvgIpc) is 2.88. The van der Waals surface area contributed by atoms with Gasteiger partial charge in [-0.2, -0.15) is 5.10 Å². The zero-order valence-electron chi connectivity index (χ0n) is 11.9. The van der Waals surface area contributed by atoms with Crippen LogP contribution >= 0.6 is 0 Å². The van der Waals surface area contributed by atoms with Gasteiger partial charge in [-0.25, -0.2) is 0 Å². The minimum absolute atomic E-state index is 0.0227. The molecule has 2 N–H and O–H groups in total. The summed E-state index contributed by atoms with van der Waals surface area (Å²) in [6.07, 6.45) is 7.05. The summed E-state index contributed by atoms with van der Waals surface area (Å²) in [6, 6.07) is 0. The van der Waals surface area contributed by atoms with Gasteiger partial charge in [0.1, 0.15) is 0 Å². The maximum Gasteiger partial charge on any atom is 0.216 e. The molecular formula is C14H22N4O2. The van der Waals surface area contributed by atoms with Crippen molar-refractivity contribution in [2.75, 3.05) is 32.8 Å². The van der Waals surface area contributed by atoms with Gasteiger partial charge in [-0.1, -0.05) is 6.08 Å². The van der Waals surface area contributed by atoms with Gasteiger partial charge in [0.15, 0.2) is 0 Å². The van der Waals surface area contributed by atoms with E-state index in [0.29, 0.717) is 13.1 Å². The molecule has 0 bridgehead atoms. The van der Waals surface area contributed by atoms with E-state index in [1.165, 1.54) is 12.5 Å². The molecule has 1 aromatic heterocycles. The molecule has 0 fully saturated rings. The Hall–Kier alpha value is -1.66. The average molecular weight is 278 g/mol. The Morgan fingerprint density at radius 2 is 2.35 bits per heavy atom. The summed E-state index contributed by atoms with van der Waals surface area (Å²) < 4.78 is 1.76. The molecule has 1 aliphatic rings. The van der Waals surface area contributed by atoms with Gasteiger partial charge in [-0.3, -0.25) is 14.4 Å². The molecule has 0 saturated heterocycles. The van der Waals surface area contributed by atoms with Crippen molar-refractivity contribution in [3.63, 3.8) is 0 Å². The van der Waals surface area contributed by atoms with Crippen LogP contribution in [0.1, 0.15) is 18.9 Å². The van der Waals surface area contributed by atoms with Crippen LogP contribution in [0.15, 0.2) is 18.5 Å². The number of carbonyl (C=O) groups is 1. The fraction of sp³-hybridized carbons (Fsp3) is 0.571. The van der Waals surface area contributed by atoms with Crippen molar-refractivity contribution in [3.8, 4) is 0 Å². The Balaban J connectivity index is 1.83. The quantitative estimate of drug-likeness (QED) is 0.774. The van der Waals surface area contributed by atoms with Crippen LogP contribution in [-0.2, 0) is 11.3 Å². The molecule has 1 amide bonds. The van der Waals surface area contributed by atoms with E-state index in [1.54, 1.807) is 4.68 Å². The maximum absolute atomic E-state index is 10.8. The van der Waals surface area contributed by atoms with Crippen LogP contribution < -0.4 is 5.32 Å². The van der Waals surface area contributed by atoms with Crippen molar-refractivity contribution < 1.29 is 9.90 Å². The Morgan fingerprint density at radius 1 is 1.50 bits per heavy atom. The number of rotatable bonds is 6. The number of nitrogens with zero attached hydrogens (tertiary/aromatic N) is 3. The third-order valence-corrected chi connectivity index (χ3v) is 3.43. The highest BCUT2D eigenvalue weighted by Crippen LogP contribution is 2.21. The van der Waals surface area contributed by atoms with Gasteiger partial charge < -0.3 is 10.4 Å². The van der Waals surface area contributed by atoms with Gasteiger partial charge in [-0.15, -0.1) is 0 Å². The van der Waals surface area contributed by atoms with Crippen LogP contribution in [0.4, 0.5) is 0 Å². The molecule has 0 saturated carbocycles. The van der Waals surface area contributed by atoms with E-state index >= 15 is 0 Å². The second-order valence-corrected chi connectivity index (χ2v) is 4.98. The normalized spacial score (nSPS) is 16.0. The van der Waals surface area contributed by atoms with Crippen LogP contribution in [0.3, 0.4) is 0 Å². The molecule has 0 aliphatic carbocycles. The molecule has 2 heterocycles. The van der Waals surface area contributed by atoms with Crippen LogP contribution in [0.25, 0.3) is 5.57 Å². The fourth-order valence-corrected chi connectivity index (χ4v) is 2.32. The summed E-state index contributed by atoms with van der Waals surface area (Å²) in [6.45, 7) is 5.67. The smallest absolute Gasteiger partial charge is 0.216 e. The van der Waals surface area contributed by atoms with Gasteiger partial charge in [0.2, 0.25) is 5.91 Å². The maximum atomic E-state index is 10.8. The van der Waals surface area contributed by atoms with Crippen molar-refractivity contribution in [1.82, 2.24) is 20.0 Å². The SMILES string of the molecule is CC(=O)NCCN1CC=C(c2cnn(CCO)c2)CC1. The largest absolute Gasteiger partial charge is 0.394 e. The first-order chi connectivity index (χ1) is 9.69. The Bertz CT molecular complexity index is 481. The molecule has 0 unspecified atom stereocenters. The van der Waals surface area contributed by atoms with Gasteiger partial charge in [-0.05, 0) is 12.0 Å². The Kier molecular flexibility index (Phi) is 5.31. The van der Waals surface area contributed by atoms with E-state index in [1.807, 2.05) is 12.4 Å². The lowest BCUT2D eigenvalue weighted by atomic mass is 10.0. The highest BCUT2D eigenvalue weighted by Gasteiger charge is 2.13. The predicted octanol–water partition coefficient (Wildman–Crippen LogP) is 0.101. The topological polar surface area (TPSA) is 70.4 Å². The Morgan fingerprint density at radius 3 is 3.00 bits per heavy atom. The van der Waals surface area contributed by atoms with E-state index in [2.05, 4.69) is 21.4 Å². The first-order valence-corrected chi connectivity index (χ1v) is 6.98. The molecule has 110 valence electrons. The molecule has 2 rings (SSSR count). The molecule has 6 nitrogen and oxygen atoms in total. The van der Waals surface area contributed by atoms with Gasteiger partial charge in [0, 0.05) is 44.9 Å². The first-order valence-electron chi connectivity index (χ1n) is 6.98. The second kappa shape index (κ2) is 7.21. The van der Waals surface area contributed by atoms with Crippen molar-refractivity contribution in [2.24, 2.45) is 0 Å². The zero-order valence-corrected chi connectivity index (χ0v) is 11.9. The number of amides is 1. The molecule has 1 aromatic rings. The standard InChI is InChI=1S/C14H22N4O2/c1-12(20)15-4-7-17-5-2-13(3-6-17)14-10-16-18(11-14)8-9-19/h2,10-11,19H,3-9H2,1H3,(H,15,20). The van der Waals surface area contributed by atoms with E-state index in [-0.39, 0.29) is 12.5 Å².